The van der Waals surface area contributed by atoms with Crippen molar-refractivity contribution in [3.05, 3.63) is 71.2 Å². The predicted molar refractivity (Wildman–Crippen MR) is 108 cm³/mol. The van der Waals surface area contributed by atoms with Crippen LogP contribution < -0.4 is 5.32 Å². The van der Waals surface area contributed by atoms with Crippen molar-refractivity contribution in [2.45, 2.75) is 19.8 Å². The van der Waals surface area contributed by atoms with Crippen molar-refractivity contribution in [1.29, 1.82) is 0 Å². The fourth-order valence-corrected chi connectivity index (χ4v) is 3.64. The SMILES string of the molecule is CC(C)c1ccc(-c2csc(NC(=O)c3c[nH]c4ccccc34)n2)cc1. The van der Waals surface area contributed by atoms with Gasteiger partial charge in [-0.15, -0.1) is 11.3 Å². The minimum Gasteiger partial charge on any atom is -0.360 e. The van der Waals surface area contributed by atoms with Gasteiger partial charge in [-0.2, -0.15) is 0 Å². The molecule has 130 valence electrons. The number of carbonyl (C=O) groups is 1. The Morgan fingerprint density at radius 2 is 1.88 bits per heavy atom. The van der Waals surface area contributed by atoms with Crippen LogP contribution in [0.1, 0.15) is 35.7 Å². The molecule has 4 aromatic rings. The second-order valence-electron chi connectivity index (χ2n) is 6.52. The van der Waals surface area contributed by atoms with Gasteiger partial charge in [0.1, 0.15) is 0 Å². The molecule has 2 heterocycles. The second kappa shape index (κ2) is 6.77. The molecule has 0 fully saturated rings. The number of thiazole rings is 1. The number of hydrogen-bond acceptors (Lipinski definition) is 3. The molecule has 0 bridgehead atoms. The minimum atomic E-state index is -0.154. The minimum absolute atomic E-state index is 0.154. The Balaban J connectivity index is 1.54. The van der Waals surface area contributed by atoms with E-state index in [0.29, 0.717) is 16.6 Å². The molecule has 0 aliphatic rings. The van der Waals surface area contributed by atoms with Gasteiger partial charge in [0.15, 0.2) is 5.13 Å². The van der Waals surface area contributed by atoms with Gasteiger partial charge in [-0.05, 0) is 17.5 Å². The zero-order valence-electron chi connectivity index (χ0n) is 14.6. The molecule has 4 nitrogen and oxygen atoms in total. The van der Waals surface area contributed by atoms with Crippen molar-refractivity contribution >= 4 is 33.3 Å². The van der Waals surface area contributed by atoms with Crippen LogP contribution in [-0.4, -0.2) is 15.9 Å². The first-order valence-corrected chi connectivity index (χ1v) is 9.43. The van der Waals surface area contributed by atoms with Crippen LogP contribution in [0.25, 0.3) is 22.2 Å². The Kier molecular flexibility index (Phi) is 4.31. The Labute approximate surface area is 155 Å². The number of amides is 1. The zero-order chi connectivity index (χ0) is 18.1. The van der Waals surface area contributed by atoms with Gasteiger partial charge >= 0.3 is 0 Å². The molecule has 0 aliphatic carbocycles. The van der Waals surface area contributed by atoms with Crippen LogP contribution >= 0.6 is 11.3 Å². The van der Waals surface area contributed by atoms with E-state index in [-0.39, 0.29) is 5.91 Å². The zero-order valence-corrected chi connectivity index (χ0v) is 15.4. The number of aromatic amines is 1. The lowest BCUT2D eigenvalue weighted by atomic mass is 10.0. The molecule has 2 aromatic heterocycles. The normalized spacial score (nSPS) is 11.2. The molecule has 0 unspecified atom stereocenters. The summed E-state index contributed by atoms with van der Waals surface area (Å²) in [5.74, 6) is 0.351. The van der Waals surface area contributed by atoms with Crippen LogP contribution in [0.15, 0.2) is 60.1 Å². The highest BCUT2D eigenvalue weighted by atomic mass is 32.1. The maximum absolute atomic E-state index is 12.6. The Hall–Kier alpha value is -2.92. The van der Waals surface area contributed by atoms with E-state index in [9.17, 15) is 4.79 Å². The summed E-state index contributed by atoms with van der Waals surface area (Å²) in [6.07, 6.45) is 1.74. The van der Waals surface area contributed by atoms with Gasteiger partial charge in [0.25, 0.3) is 5.91 Å². The maximum Gasteiger partial charge on any atom is 0.259 e. The molecular formula is C21H19N3OS. The summed E-state index contributed by atoms with van der Waals surface area (Å²) in [6.45, 7) is 4.35. The number of benzene rings is 2. The van der Waals surface area contributed by atoms with Crippen LogP contribution in [-0.2, 0) is 0 Å². The summed E-state index contributed by atoms with van der Waals surface area (Å²) in [4.78, 5) is 20.3. The van der Waals surface area contributed by atoms with E-state index in [1.54, 1.807) is 6.20 Å². The van der Waals surface area contributed by atoms with E-state index in [1.807, 2.05) is 29.6 Å². The van der Waals surface area contributed by atoms with Gasteiger partial charge in [0, 0.05) is 28.0 Å². The average Bonchev–Trinajstić information content (AvgIpc) is 3.28. The number of nitrogens with zero attached hydrogens (tertiary/aromatic N) is 1. The summed E-state index contributed by atoms with van der Waals surface area (Å²) in [6, 6.07) is 16.2. The Morgan fingerprint density at radius 3 is 2.65 bits per heavy atom. The Morgan fingerprint density at radius 1 is 1.12 bits per heavy atom. The number of carbonyl (C=O) groups excluding carboxylic acids is 1. The summed E-state index contributed by atoms with van der Waals surface area (Å²) in [7, 11) is 0. The van der Waals surface area contributed by atoms with E-state index in [4.69, 9.17) is 0 Å². The molecule has 1 amide bonds. The summed E-state index contributed by atoms with van der Waals surface area (Å²) >= 11 is 1.43. The van der Waals surface area contributed by atoms with E-state index >= 15 is 0 Å². The lowest BCUT2D eigenvalue weighted by molar-refractivity contribution is 0.102. The fraction of sp³-hybridized carbons (Fsp3) is 0.143. The third-order valence-electron chi connectivity index (χ3n) is 4.43. The van der Waals surface area contributed by atoms with Gasteiger partial charge in [-0.25, -0.2) is 4.98 Å². The van der Waals surface area contributed by atoms with E-state index in [0.717, 1.165) is 22.2 Å². The van der Waals surface area contributed by atoms with Crippen molar-refractivity contribution in [2.75, 3.05) is 5.32 Å². The first-order valence-electron chi connectivity index (χ1n) is 8.55. The van der Waals surface area contributed by atoms with Crippen LogP contribution in [0, 0.1) is 0 Å². The molecule has 2 N–H and O–H groups in total. The molecule has 0 radical (unpaired) electrons. The number of para-hydroxylation sites is 1. The van der Waals surface area contributed by atoms with Crippen LogP contribution in [0.2, 0.25) is 0 Å². The Bertz CT molecular complexity index is 1060. The van der Waals surface area contributed by atoms with E-state index < -0.39 is 0 Å². The molecule has 0 spiro atoms. The highest BCUT2D eigenvalue weighted by Gasteiger charge is 2.14. The number of anilines is 1. The molecule has 0 atom stereocenters. The molecule has 26 heavy (non-hydrogen) atoms. The van der Waals surface area contributed by atoms with Gasteiger partial charge in [-0.3, -0.25) is 10.1 Å². The quantitative estimate of drug-likeness (QED) is 0.492. The molecule has 4 rings (SSSR count). The molecule has 5 heteroatoms. The number of aromatic nitrogens is 2. The van der Waals surface area contributed by atoms with Crippen LogP contribution in [0.5, 0.6) is 0 Å². The van der Waals surface area contributed by atoms with Crippen LogP contribution in [0.3, 0.4) is 0 Å². The van der Waals surface area contributed by atoms with Gasteiger partial charge < -0.3 is 4.98 Å². The van der Waals surface area contributed by atoms with Crippen molar-refractivity contribution in [3.63, 3.8) is 0 Å². The summed E-state index contributed by atoms with van der Waals surface area (Å²) in [5.41, 5.74) is 4.80. The summed E-state index contributed by atoms with van der Waals surface area (Å²) in [5, 5.41) is 6.38. The number of hydrogen-bond donors (Lipinski definition) is 2. The molecule has 0 aliphatic heterocycles. The van der Waals surface area contributed by atoms with Gasteiger partial charge in [-0.1, -0.05) is 56.3 Å². The lowest BCUT2D eigenvalue weighted by Crippen LogP contribution is -2.11. The van der Waals surface area contributed by atoms with Crippen molar-refractivity contribution in [3.8, 4) is 11.3 Å². The van der Waals surface area contributed by atoms with Crippen LogP contribution in [0.4, 0.5) is 5.13 Å². The van der Waals surface area contributed by atoms with Crippen molar-refractivity contribution in [1.82, 2.24) is 9.97 Å². The standard InChI is InChI=1S/C21H19N3OS/c1-13(2)14-7-9-15(10-8-14)19-12-26-21(23-19)24-20(25)17-11-22-18-6-4-3-5-16(17)18/h3-13,22H,1-2H3,(H,23,24,25). The third kappa shape index (κ3) is 3.13. The highest BCUT2D eigenvalue weighted by Crippen LogP contribution is 2.27. The lowest BCUT2D eigenvalue weighted by Gasteiger charge is -2.05. The van der Waals surface area contributed by atoms with E-state index in [2.05, 4.69) is 53.4 Å². The largest absolute Gasteiger partial charge is 0.360 e. The first-order chi connectivity index (χ1) is 12.6. The van der Waals surface area contributed by atoms with Gasteiger partial charge in [0.2, 0.25) is 0 Å². The molecule has 0 saturated heterocycles. The molecule has 0 saturated carbocycles. The van der Waals surface area contributed by atoms with E-state index in [1.165, 1.54) is 16.9 Å². The smallest absolute Gasteiger partial charge is 0.259 e. The topological polar surface area (TPSA) is 57.8 Å². The average molecular weight is 361 g/mol. The monoisotopic (exact) mass is 361 g/mol. The third-order valence-corrected chi connectivity index (χ3v) is 5.19. The first kappa shape index (κ1) is 16.5. The molecular weight excluding hydrogens is 342 g/mol. The maximum atomic E-state index is 12.6. The highest BCUT2D eigenvalue weighted by molar-refractivity contribution is 7.14. The number of H-pyrrole nitrogens is 1. The predicted octanol–water partition coefficient (Wildman–Crippen LogP) is 5.67. The fourth-order valence-electron chi connectivity index (χ4n) is 2.93. The van der Waals surface area contributed by atoms with Crippen molar-refractivity contribution in [2.24, 2.45) is 0 Å². The summed E-state index contributed by atoms with van der Waals surface area (Å²) < 4.78 is 0. The number of fused-ring (bicyclic) bond motifs is 1. The van der Waals surface area contributed by atoms with Crippen molar-refractivity contribution < 1.29 is 4.79 Å². The number of nitrogens with one attached hydrogen (secondary N) is 2. The molecule has 2 aromatic carbocycles. The van der Waals surface area contributed by atoms with Gasteiger partial charge in [0.05, 0.1) is 11.3 Å². The number of rotatable bonds is 4. The second-order valence-corrected chi connectivity index (χ2v) is 7.37.